The van der Waals surface area contributed by atoms with Crippen molar-refractivity contribution >= 4 is 0 Å². The van der Waals surface area contributed by atoms with Gasteiger partial charge in [0.25, 0.3) is 0 Å². The monoisotopic (exact) mass is 310 g/mol. The molecule has 0 radical (unpaired) electrons. The number of hydrogen-bond acceptors (Lipinski definition) is 1. The Morgan fingerprint density at radius 1 is 0.542 bits per heavy atom. The van der Waals surface area contributed by atoms with Gasteiger partial charge in [-0.15, -0.1) is 0 Å². The molecule has 4 rings (SSSR count). The van der Waals surface area contributed by atoms with Crippen molar-refractivity contribution in [3.63, 3.8) is 0 Å². The standard InChI is InChI=1S/C22H16NO/c1-4-10-17(11-5-1)20-16-21(18-12-6-2-7-13-18)24-22(23-20)19-14-8-3-9-15-19/h1-16H/q+1. The molecule has 0 N–H and O–H groups in total. The average Bonchev–Trinajstić information content (AvgIpc) is 2.70. The summed E-state index contributed by atoms with van der Waals surface area (Å²) in [6, 6.07) is 32.3. The lowest BCUT2D eigenvalue weighted by atomic mass is 10.1. The van der Waals surface area contributed by atoms with Gasteiger partial charge >= 0.3 is 11.7 Å². The predicted octanol–water partition coefficient (Wildman–Crippen LogP) is 5.96. The minimum Gasteiger partial charge on any atom is -0.186 e. The summed E-state index contributed by atoms with van der Waals surface area (Å²) in [7, 11) is 0. The summed E-state index contributed by atoms with van der Waals surface area (Å²) in [5, 5.41) is 0. The molecular formula is C22H16NO+. The van der Waals surface area contributed by atoms with Crippen molar-refractivity contribution in [3.05, 3.63) is 97.1 Å². The van der Waals surface area contributed by atoms with Crippen LogP contribution in [-0.4, -0.2) is 4.98 Å². The van der Waals surface area contributed by atoms with Crippen molar-refractivity contribution in [1.29, 1.82) is 0 Å². The van der Waals surface area contributed by atoms with Crippen LogP contribution in [0.2, 0.25) is 0 Å². The van der Waals surface area contributed by atoms with Crippen LogP contribution in [0.4, 0.5) is 0 Å². The van der Waals surface area contributed by atoms with E-state index < -0.39 is 0 Å². The van der Waals surface area contributed by atoms with E-state index in [0.29, 0.717) is 5.89 Å². The summed E-state index contributed by atoms with van der Waals surface area (Å²) >= 11 is 0. The molecule has 2 heteroatoms. The van der Waals surface area contributed by atoms with Crippen molar-refractivity contribution in [1.82, 2.24) is 4.98 Å². The number of hydrogen-bond donors (Lipinski definition) is 0. The summed E-state index contributed by atoms with van der Waals surface area (Å²) < 4.78 is 6.10. The minimum atomic E-state index is 0.621. The van der Waals surface area contributed by atoms with E-state index in [1.54, 1.807) is 0 Å². The molecule has 2 nitrogen and oxygen atoms in total. The van der Waals surface area contributed by atoms with Crippen LogP contribution < -0.4 is 0 Å². The molecule has 0 spiro atoms. The van der Waals surface area contributed by atoms with Gasteiger partial charge in [-0.3, -0.25) is 0 Å². The first-order valence-electron chi connectivity index (χ1n) is 7.91. The van der Waals surface area contributed by atoms with Crippen LogP contribution in [0.3, 0.4) is 0 Å². The van der Waals surface area contributed by atoms with E-state index in [2.05, 4.69) is 12.1 Å². The first-order valence-corrected chi connectivity index (χ1v) is 7.91. The molecular weight excluding hydrogens is 294 g/mol. The molecule has 0 bridgehead atoms. The summed E-state index contributed by atoms with van der Waals surface area (Å²) in [5.41, 5.74) is 3.98. The third kappa shape index (κ3) is 2.95. The summed E-state index contributed by atoms with van der Waals surface area (Å²) in [4.78, 5) is 4.73. The van der Waals surface area contributed by atoms with Gasteiger partial charge in [-0.05, 0) is 24.3 Å². The first kappa shape index (κ1) is 14.3. The Morgan fingerprint density at radius 3 is 1.62 bits per heavy atom. The fraction of sp³-hybridized carbons (Fsp3) is 0. The van der Waals surface area contributed by atoms with Crippen LogP contribution in [0.5, 0.6) is 0 Å². The van der Waals surface area contributed by atoms with Crippen molar-refractivity contribution < 1.29 is 4.42 Å². The maximum atomic E-state index is 6.10. The van der Waals surface area contributed by atoms with Gasteiger partial charge in [0, 0.05) is 5.56 Å². The van der Waals surface area contributed by atoms with Crippen LogP contribution in [-0.2, 0) is 0 Å². The second-order valence-electron chi connectivity index (χ2n) is 5.51. The van der Waals surface area contributed by atoms with Crippen LogP contribution in [0.25, 0.3) is 34.0 Å². The van der Waals surface area contributed by atoms with Crippen molar-refractivity contribution in [2.24, 2.45) is 0 Å². The molecule has 0 amide bonds. The lowest BCUT2D eigenvalue weighted by Crippen LogP contribution is -1.90. The number of benzene rings is 3. The van der Waals surface area contributed by atoms with Gasteiger partial charge in [-0.25, -0.2) is 0 Å². The second-order valence-corrected chi connectivity index (χ2v) is 5.51. The Labute approximate surface area is 141 Å². The molecule has 0 aliphatic rings. The van der Waals surface area contributed by atoms with Gasteiger partial charge in [0.2, 0.25) is 0 Å². The topological polar surface area (TPSA) is 24.2 Å². The lowest BCUT2D eigenvalue weighted by Gasteiger charge is -2.00. The van der Waals surface area contributed by atoms with Crippen LogP contribution in [0.15, 0.2) is 101 Å². The summed E-state index contributed by atoms with van der Waals surface area (Å²) in [5.74, 6) is 1.43. The lowest BCUT2D eigenvalue weighted by molar-refractivity contribution is 0.562. The molecule has 1 aromatic heterocycles. The average molecular weight is 310 g/mol. The highest BCUT2D eigenvalue weighted by Crippen LogP contribution is 2.29. The van der Waals surface area contributed by atoms with E-state index >= 15 is 0 Å². The SMILES string of the molecule is c1ccc(-c2cc(-c3ccccc3)[o+]c(-c3ccccc3)n2)cc1. The number of rotatable bonds is 3. The molecule has 24 heavy (non-hydrogen) atoms. The molecule has 114 valence electrons. The highest BCUT2D eigenvalue weighted by Gasteiger charge is 2.21. The maximum Gasteiger partial charge on any atom is 0.460 e. The number of aromatic nitrogens is 1. The zero-order chi connectivity index (χ0) is 16.2. The fourth-order valence-corrected chi connectivity index (χ4v) is 2.63. The minimum absolute atomic E-state index is 0.621. The van der Waals surface area contributed by atoms with E-state index in [-0.39, 0.29) is 0 Å². The first-order chi connectivity index (χ1) is 11.9. The summed E-state index contributed by atoms with van der Waals surface area (Å²) in [6.45, 7) is 0. The molecule has 0 saturated carbocycles. The molecule has 0 fully saturated rings. The Hall–Kier alpha value is -3.26. The van der Waals surface area contributed by atoms with E-state index in [1.807, 2.05) is 84.9 Å². The molecule has 0 unspecified atom stereocenters. The highest BCUT2D eigenvalue weighted by atomic mass is 16.3. The quantitative estimate of drug-likeness (QED) is 0.436. The van der Waals surface area contributed by atoms with Crippen molar-refractivity contribution in [2.45, 2.75) is 0 Å². The third-order valence-electron chi connectivity index (χ3n) is 3.85. The largest absolute Gasteiger partial charge is 0.460 e. The van der Waals surface area contributed by atoms with E-state index in [4.69, 9.17) is 9.40 Å². The second kappa shape index (κ2) is 6.47. The predicted molar refractivity (Wildman–Crippen MR) is 97.2 cm³/mol. The van der Waals surface area contributed by atoms with E-state index in [1.165, 1.54) is 0 Å². The fourth-order valence-electron chi connectivity index (χ4n) is 2.63. The zero-order valence-corrected chi connectivity index (χ0v) is 13.1. The molecule has 4 aromatic rings. The van der Waals surface area contributed by atoms with Gasteiger partial charge in [-0.1, -0.05) is 66.7 Å². The molecule has 0 atom stereocenters. The third-order valence-corrected chi connectivity index (χ3v) is 3.85. The summed E-state index contributed by atoms with van der Waals surface area (Å²) in [6.07, 6.45) is 0. The number of nitrogens with zero attached hydrogens (tertiary/aromatic N) is 1. The van der Waals surface area contributed by atoms with Crippen molar-refractivity contribution in [2.75, 3.05) is 0 Å². The van der Waals surface area contributed by atoms with Gasteiger partial charge in [0.1, 0.15) is 5.56 Å². The highest BCUT2D eigenvalue weighted by molar-refractivity contribution is 5.69. The Kier molecular flexibility index (Phi) is 3.86. The molecule has 0 aliphatic carbocycles. The van der Waals surface area contributed by atoms with Gasteiger partial charge < -0.3 is 0 Å². The smallest absolute Gasteiger partial charge is 0.186 e. The molecule has 3 aromatic carbocycles. The Morgan fingerprint density at radius 2 is 1.04 bits per heavy atom. The van der Waals surface area contributed by atoms with E-state index in [9.17, 15) is 0 Å². The normalized spacial score (nSPS) is 10.5. The van der Waals surface area contributed by atoms with Crippen LogP contribution in [0, 0.1) is 0 Å². The van der Waals surface area contributed by atoms with Gasteiger partial charge in [0.15, 0.2) is 0 Å². The van der Waals surface area contributed by atoms with E-state index in [0.717, 1.165) is 28.1 Å². The van der Waals surface area contributed by atoms with Crippen LogP contribution >= 0.6 is 0 Å². The molecule has 0 aliphatic heterocycles. The van der Waals surface area contributed by atoms with Crippen molar-refractivity contribution in [3.8, 4) is 34.0 Å². The van der Waals surface area contributed by atoms with Gasteiger partial charge in [0.05, 0.1) is 17.3 Å². The Balaban J connectivity index is 1.92. The molecule has 1 heterocycles. The van der Waals surface area contributed by atoms with Gasteiger partial charge in [-0.2, -0.15) is 9.40 Å². The zero-order valence-electron chi connectivity index (χ0n) is 13.1. The Bertz CT molecular complexity index is 796. The maximum absolute atomic E-state index is 6.10. The van der Waals surface area contributed by atoms with Crippen LogP contribution in [0.1, 0.15) is 0 Å². The molecule has 0 saturated heterocycles.